The maximum absolute atomic E-state index is 14.7. The molecule has 3 saturated heterocycles. The largest absolute Gasteiger partial charge is 0.394 e. The van der Waals surface area contributed by atoms with E-state index in [4.69, 9.17) is 4.74 Å². The Morgan fingerprint density at radius 3 is 2.21 bits per heavy atom. The van der Waals surface area contributed by atoms with Crippen molar-refractivity contribution in [3.05, 3.63) is 95.6 Å². The summed E-state index contributed by atoms with van der Waals surface area (Å²) in [6.07, 6.45) is 1.92. The van der Waals surface area contributed by atoms with Gasteiger partial charge in [0, 0.05) is 11.4 Å². The van der Waals surface area contributed by atoms with E-state index in [-0.39, 0.29) is 24.3 Å². The average molecular weight is 582 g/mol. The molecule has 0 aliphatic carbocycles. The molecule has 3 fully saturated rings. The highest BCUT2D eigenvalue weighted by molar-refractivity contribution is 6.05. The van der Waals surface area contributed by atoms with Gasteiger partial charge in [0.25, 0.3) is 0 Å². The Kier molecular flexibility index (Phi) is 7.60. The van der Waals surface area contributed by atoms with Gasteiger partial charge in [-0.25, -0.2) is 0 Å². The Balaban J connectivity index is 1.43. The summed E-state index contributed by atoms with van der Waals surface area (Å²) in [6.45, 7) is 5.50. The van der Waals surface area contributed by atoms with Crippen molar-refractivity contribution in [3.8, 4) is 0 Å². The number of nitrogens with zero attached hydrogens (tertiary/aromatic N) is 1. The van der Waals surface area contributed by atoms with Crippen LogP contribution in [0.15, 0.2) is 78.9 Å². The van der Waals surface area contributed by atoms with Crippen molar-refractivity contribution in [1.29, 1.82) is 0 Å². The zero-order chi connectivity index (χ0) is 30.4. The topological polar surface area (TPSA) is 108 Å². The zero-order valence-corrected chi connectivity index (χ0v) is 24.9. The van der Waals surface area contributed by atoms with Gasteiger partial charge in [0.2, 0.25) is 17.7 Å². The SMILES string of the molecule is CC[C@@]12CCC3(O1)C(C(=O)Nc1c(C)cccc1C)N([C@@H](CO)Cc1ccccc1)C(=O)[C@@H]3[C@@H]2C(=O)Nc1ccccc1. The second kappa shape index (κ2) is 11.2. The minimum Gasteiger partial charge on any atom is -0.394 e. The number of aliphatic hydroxyl groups excluding tert-OH is 1. The Hall–Kier alpha value is -4.01. The van der Waals surface area contributed by atoms with Gasteiger partial charge >= 0.3 is 0 Å². The molecule has 0 aromatic heterocycles. The van der Waals surface area contributed by atoms with Gasteiger partial charge in [0.1, 0.15) is 11.6 Å². The first-order chi connectivity index (χ1) is 20.7. The monoisotopic (exact) mass is 581 g/mol. The molecule has 6 rings (SSSR count). The number of ether oxygens (including phenoxy) is 1. The standard InChI is InChI=1S/C35H39N3O5/c1-4-34-18-19-35(43-34)28(27(34)31(40)36-25-16-9-6-10-17-25)33(42)38(26(21-39)20-24-14-7-5-8-15-24)30(35)32(41)37-29-22(2)12-11-13-23(29)3/h5-17,26-28,30,39H,4,18-21H2,1-3H3,(H,36,40)(H,37,41)/t26-,27-,28+,30?,34+,35?/m1/s1. The van der Waals surface area contributed by atoms with Gasteiger partial charge in [-0.1, -0.05) is 73.7 Å². The third-order valence-electron chi connectivity index (χ3n) is 9.84. The molecule has 1 spiro atoms. The van der Waals surface area contributed by atoms with Crippen LogP contribution in [0, 0.1) is 25.7 Å². The number of hydrogen-bond acceptors (Lipinski definition) is 5. The van der Waals surface area contributed by atoms with E-state index in [1.54, 1.807) is 0 Å². The molecular weight excluding hydrogens is 542 g/mol. The average Bonchev–Trinajstić information content (AvgIpc) is 3.62. The van der Waals surface area contributed by atoms with E-state index in [0.717, 1.165) is 16.7 Å². The molecule has 2 bridgehead atoms. The quantitative estimate of drug-likeness (QED) is 0.341. The highest BCUT2D eigenvalue weighted by Gasteiger charge is 2.79. The molecule has 3 aliphatic heterocycles. The number of carbonyl (C=O) groups is 3. The Morgan fingerprint density at radius 2 is 1.58 bits per heavy atom. The summed E-state index contributed by atoms with van der Waals surface area (Å²) in [5.74, 6) is -2.61. The Bertz CT molecular complexity index is 1510. The summed E-state index contributed by atoms with van der Waals surface area (Å²) < 4.78 is 6.90. The van der Waals surface area contributed by atoms with Crippen LogP contribution in [-0.4, -0.2) is 57.6 Å². The van der Waals surface area contributed by atoms with Gasteiger partial charge in [-0.05, 0) is 68.4 Å². The number of nitrogens with one attached hydrogen (secondary N) is 2. The summed E-state index contributed by atoms with van der Waals surface area (Å²) in [5.41, 5.74) is 2.02. The predicted molar refractivity (Wildman–Crippen MR) is 164 cm³/mol. The van der Waals surface area contributed by atoms with Gasteiger partial charge in [0.05, 0.1) is 30.1 Å². The van der Waals surface area contributed by atoms with Crippen molar-refractivity contribution in [2.45, 2.75) is 69.7 Å². The van der Waals surface area contributed by atoms with Crippen molar-refractivity contribution >= 4 is 29.1 Å². The Morgan fingerprint density at radius 1 is 0.930 bits per heavy atom. The number of rotatable bonds is 9. The summed E-state index contributed by atoms with van der Waals surface area (Å²) in [7, 11) is 0. The van der Waals surface area contributed by atoms with E-state index < -0.39 is 35.1 Å². The number of hydrogen-bond donors (Lipinski definition) is 3. The second-order valence-corrected chi connectivity index (χ2v) is 12.2. The van der Waals surface area contributed by atoms with Crippen molar-refractivity contribution in [1.82, 2.24) is 4.90 Å². The first-order valence-electron chi connectivity index (χ1n) is 15.1. The van der Waals surface area contributed by atoms with Crippen molar-refractivity contribution in [3.63, 3.8) is 0 Å². The molecule has 224 valence electrons. The molecule has 3 aromatic carbocycles. The molecule has 0 radical (unpaired) electrons. The molecule has 6 atom stereocenters. The summed E-state index contributed by atoms with van der Waals surface area (Å²) in [6, 6.07) is 22.9. The van der Waals surface area contributed by atoms with Crippen LogP contribution in [-0.2, 0) is 25.5 Å². The lowest BCUT2D eigenvalue weighted by atomic mass is 9.65. The van der Waals surface area contributed by atoms with Gasteiger partial charge in [-0.3, -0.25) is 14.4 Å². The first-order valence-corrected chi connectivity index (χ1v) is 15.1. The lowest BCUT2D eigenvalue weighted by Crippen LogP contribution is -2.57. The van der Waals surface area contributed by atoms with Crippen LogP contribution < -0.4 is 10.6 Å². The molecular formula is C35H39N3O5. The first kappa shape index (κ1) is 29.1. The van der Waals surface area contributed by atoms with Crippen LogP contribution in [0.2, 0.25) is 0 Å². The summed E-state index contributed by atoms with van der Waals surface area (Å²) in [5, 5.41) is 16.8. The third-order valence-corrected chi connectivity index (χ3v) is 9.84. The molecule has 8 nitrogen and oxygen atoms in total. The fraction of sp³-hybridized carbons (Fsp3) is 0.400. The normalized spacial score (nSPS) is 28.0. The van der Waals surface area contributed by atoms with Crippen LogP contribution in [0.3, 0.4) is 0 Å². The number of aryl methyl sites for hydroxylation is 2. The second-order valence-electron chi connectivity index (χ2n) is 12.2. The summed E-state index contributed by atoms with van der Waals surface area (Å²) >= 11 is 0. The van der Waals surface area contributed by atoms with Crippen LogP contribution in [0.5, 0.6) is 0 Å². The van der Waals surface area contributed by atoms with E-state index in [9.17, 15) is 19.5 Å². The number of likely N-dealkylation sites (tertiary alicyclic amines) is 1. The predicted octanol–water partition coefficient (Wildman–Crippen LogP) is 4.64. The lowest BCUT2D eigenvalue weighted by molar-refractivity contribution is -0.148. The molecule has 8 heteroatoms. The number of para-hydroxylation sites is 2. The number of amides is 3. The van der Waals surface area contributed by atoms with E-state index in [0.29, 0.717) is 37.1 Å². The van der Waals surface area contributed by atoms with Crippen molar-refractivity contribution in [2.24, 2.45) is 11.8 Å². The van der Waals surface area contributed by atoms with Crippen molar-refractivity contribution < 1.29 is 24.2 Å². The number of benzene rings is 3. The smallest absolute Gasteiger partial charge is 0.250 e. The van der Waals surface area contributed by atoms with E-state index >= 15 is 0 Å². The number of aliphatic hydroxyl groups is 1. The molecule has 3 amide bonds. The minimum absolute atomic E-state index is 0.285. The van der Waals surface area contributed by atoms with Crippen LogP contribution >= 0.6 is 0 Å². The molecule has 3 aliphatic rings. The van der Waals surface area contributed by atoms with Gasteiger partial charge < -0.3 is 25.4 Å². The molecule has 3 heterocycles. The van der Waals surface area contributed by atoms with Crippen LogP contribution in [0.1, 0.15) is 42.9 Å². The van der Waals surface area contributed by atoms with Gasteiger partial charge in [-0.15, -0.1) is 0 Å². The van der Waals surface area contributed by atoms with Crippen LogP contribution in [0.4, 0.5) is 11.4 Å². The number of anilines is 2. The molecule has 43 heavy (non-hydrogen) atoms. The molecule has 0 saturated carbocycles. The van der Waals surface area contributed by atoms with Crippen molar-refractivity contribution in [2.75, 3.05) is 17.2 Å². The molecule has 3 aromatic rings. The number of fused-ring (bicyclic) bond motifs is 1. The fourth-order valence-corrected chi connectivity index (χ4v) is 7.83. The number of carbonyl (C=O) groups excluding carboxylic acids is 3. The fourth-order valence-electron chi connectivity index (χ4n) is 7.83. The maximum atomic E-state index is 14.7. The zero-order valence-electron chi connectivity index (χ0n) is 24.9. The summed E-state index contributed by atoms with van der Waals surface area (Å²) in [4.78, 5) is 44.7. The van der Waals surface area contributed by atoms with E-state index in [2.05, 4.69) is 10.6 Å². The molecule has 2 unspecified atom stereocenters. The molecule has 3 N–H and O–H groups in total. The van der Waals surface area contributed by atoms with Gasteiger partial charge in [-0.2, -0.15) is 0 Å². The maximum Gasteiger partial charge on any atom is 0.250 e. The van der Waals surface area contributed by atoms with Crippen LogP contribution in [0.25, 0.3) is 0 Å². The lowest BCUT2D eigenvalue weighted by Gasteiger charge is -2.37. The van der Waals surface area contributed by atoms with E-state index in [1.807, 2.05) is 99.6 Å². The Labute approximate surface area is 252 Å². The van der Waals surface area contributed by atoms with Gasteiger partial charge in [0.15, 0.2) is 0 Å². The minimum atomic E-state index is -1.20. The highest BCUT2D eigenvalue weighted by atomic mass is 16.5. The third kappa shape index (κ3) is 4.73. The highest BCUT2D eigenvalue weighted by Crippen LogP contribution is 2.64. The van der Waals surface area contributed by atoms with E-state index in [1.165, 1.54) is 4.90 Å².